The molecule has 0 amide bonds. The minimum atomic E-state index is -0.0172. The molecule has 2 heteroatoms. The van der Waals surface area contributed by atoms with Gasteiger partial charge in [0.25, 0.3) is 0 Å². The Balaban J connectivity index is 1.74. The summed E-state index contributed by atoms with van der Waals surface area (Å²) in [4.78, 5) is 5.55. The molecule has 0 N–H and O–H groups in total. The maximum Gasteiger partial charge on any atom is 0.0738 e. The molecule has 3 aliphatic carbocycles. The Bertz CT molecular complexity index is 1130. The largest absolute Gasteiger partial charge is 0.257 e. The number of fused-ring (bicyclic) bond motifs is 1. The molecule has 1 heterocycles. The van der Waals surface area contributed by atoms with E-state index in [2.05, 4.69) is 51.1 Å². The van der Waals surface area contributed by atoms with Crippen LogP contribution in [0.2, 0.25) is 0 Å². The van der Waals surface area contributed by atoms with Gasteiger partial charge in [-0.1, -0.05) is 70.9 Å². The van der Waals surface area contributed by atoms with Crippen LogP contribution in [0.3, 0.4) is 0 Å². The second kappa shape index (κ2) is 9.93. The Morgan fingerprint density at radius 2 is 1.86 bits per heavy atom. The molecule has 1 spiro atoms. The SMILES string of the molecule is C=C(c1ccc(CC)cc1)c1c(C(CC)CCC)nc2c(c1C1CCC1)C(C#N)CC1(CCC1)C2. The highest BCUT2D eigenvalue weighted by molar-refractivity contribution is 5.83. The van der Waals surface area contributed by atoms with Gasteiger partial charge in [0.05, 0.1) is 17.7 Å². The van der Waals surface area contributed by atoms with Crippen molar-refractivity contribution in [3.63, 3.8) is 0 Å². The molecule has 2 nitrogen and oxygen atoms in total. The van der Waals surface area contributed by atoms with Crippen molar-refractivity contribution in [2.45, 2.75) is 116 Å². The first-order chi connectivity index (χ1) is 17.0. The Hall–Kier alpha value is -2.40. The van der Waals surface area contributed by atoms with Gasteiger partial charge in [-0.05, 0) is 96.9 Å². The van der Waals surface area contributed by atoms with Gasteiger partial charge in [0.1, 0.15) is 0 Å². The van der Waals surface area contributed by atoms with Crippen molar-refractivity contribution in [3.8, 4) is 6.07 Å². The highest BCUT2D eigenvalue weighted by Crippen LogP contribution is 2.57. The predicted octanol–water partition coefficient (Wildman–Crippen LogP) is 8.99. The van der Waals surface area contributed by atoms with Crippen LogP contribution in [-0.2, 0) is 12.8 Å². The normalized spacial score (nSPS) is 21.5. The van der Waals surface area contributed by atoms with Crippen LogP contribution in [0.5, 0.6) is 0 Å². The van der Waals surface area contributed by atoms with E-state index in [9.17, 15) is 5.26 Å². The Morgan fingerprint density at radius 1 is 1.11 bits per heavy atom. The van der Waals surface area contributed by atoms with Gasteiger partial charge in [-0.15, -0.1) is 0 Å². The molecule has 2 aromatic rings. The number of rotatable bonds is 8. The summed E-state index contributed by atoms with van der Waals surface area (Å²) in [5.74, 6) is 0.986. The molecule has 3 aliphatic rings. The number of hydrogen-bond donors (Lipinski definition) is 0. The van der Waals surface area contributed by atoms with Gasteiger partial charge in [-0.2, -0.15) is 5.26 Å². The van der Waals surface area contributed by atoms with E-state index >= 15 is 0 Å². The molecule has 2 atom stereocenters. The molecule has 35 heavy (non-hydrogen) atoms. The van der Waals surface area contributed by atoms with E-state index in [1.807, 2.05) is 0 Å². The molecule has 5 rings (SSSR count). The average molecular weight is 467 g/mol. The van der Waals surface area contributed by atoms with Gasteiger partial charge in [0, 0.05) is 17.2 Å². The lowest BCUT2D eigenvalue weighted by atomic mass is 9.56. The molecule has 0 bridgehead atoms. The second-order valence-electron chi connectivity index (χ2n) is 11.6. The third-order valence-corrected chi connectivity index (χ3v) is 9.52. The van der Waals surface area contributed by atoms with E-state index in [4.69, 9.17) is 11.6 Å². The summed E-state index contributed by atoms with van der Waals surface area (Å²) in [6.45, 7) is 11.5. The van der Waals surface area contributed by atoms with Crippen molar-refractivity contribution < 1.29 is 0 Å². The van der Waals surface area contributed by atoms with E-state index in [-0.39, 0.29) is 5.92 Å². The fraction of sp³-hybridized carbons (Fsp3) is 0.576. The fourth-order valence-electron chi connectivity index (χ4n) is 7.05. The summed E-state index contributed by atoms with van der Waals surface area (Å²) in [5.41, 5.74) is 10.7. The van der Waals surface area contributed by atoms with Crippen molar-refractivity contribution in [1.29, 1.82) is 5.26 Å². The molecule has 0 radical (unpaired) electrons. The molecule has 0 saturated heterocycles. The van der Waals surface area contributed by atoms with Crippen LogP contribution in [0, 0.1) is 16.7 Å². The first-order valence-electron chi connectivity index (χ1n) is 14.3. The highest BCUT2D eigenvalue weighted by atomic mass is 14.8. The summed E-state index contributed by atoms with van der Waals surface area (Å²) >= 11 is 0. The number of nitrogens with zero attached hydrogens (tertiary/aromatic N) is 2. The highest BCUT2D eigenvalue weighted by Gasteiger charge is 2.46. The first kappa shape index (κ1) is 24.3. The van der Waals surface area contributed by atoms with Crippen molar-refractivity contribution in [2.75, 3.05) is 0 Å². The van der Waals surface area contributed by atoms with E-state index < -0.39 is 0 Å². The third kappa shape index (κ3) is 4.26. The summed E-state index contributed by atoms with van der Waals surface area (Å²) < 4.78 is 0. The molecule has 0 aliphatic heterocycles. The minimum absolute atomic E-state index is 0.0172. The minimum Gasteiger partial charge on any atom is -0.257 e. The lowest BCUT2D eigenvalue weighted by Gasteiger charge is -2.48. The lowest BCUT2D eigenvalue weighted by molar-refractivity contribution is 0.103. The molecule has 184 valence electrons. The Kier molecular flexibility index (Phi) is 6.89. The van der Waals surface area contributed by atoms with Gasteiger partial charge in [-0.3, -0.25) is 4.98 Å². The van der Waals surface area contributed by atoms with Crippen LogP contribution in [0.25, 0.3) is 5.57 Å². The summed E-state index contributed by atoms with van der Waals surface area (Å²) in [6.07, 6.45) is 14.2. The lowest BCUT2D eigenvalue weighted by Crippen LogP contribution is -2.39. The van der Waals surface area contributed by atoms with E-state index in [1.165, 1.54) is 77.7 Å². The van der Waals surface area contributed by atoms with Crippen molar-refractivity contribution >= 4 is 5.57 Å². The fourth-order valence-corrected chi connectivity index (χ4v) is 7.05. The van der Waals surface area contributed by atoms with Crippen LogP contribution in [-0.4, -0.2) is 4.98 Å². The van der Waals surface area contributed by atoms with Crippen molar-refractivity contribution in [1.82, 2.24) is 4.98 Å². The predicted molar refractivity (Wildman–Crippen MR) is 146 cm³/mol. The van der Waals surface area contributed by atoms with Gasteiger partial charge in [0.2, 0.25) is 0 Å². The van der Waals surface area contributed by atoms with Crippen molar-refractivity contribution in [2.24, 2.45) is 5.41 Å². The standard InChI is InChI=1S/C33H42N2/c1-5-10-24(7-3)32-29(22(4)25-15-13-23(6-2)14-16-25)31(26-11-8-12-26)30-27(21-34)19-33(17-9-18-33)20-28(30)35-32/h13-16,24,26-27H,4-12,17-20H2,1-3H3. The number of nitriles is 1. The van der Waals surface area contributed by atoms with E-state index in [0.29, 0.717) is 17.3 Å². The number of aromatic nitrogens is 1. The summed E-state index contributed by atoms with van der Waals surface area (Å²) in [6, 6.07) is 11.8. The summed E-state index contributed by atoms with van der Waals surface area (Å²) in [5, 5.41) is 10.4. The molecular formula is C33H42N2. The van der Waals surface area contributed by atoms with E-state index in [1.54, 1.807) is 0 Å². The molecular weight excluding hydrogens is 424 g/mol. The molecule has 2 unspecified atom stereocenters. The second-order valence-corrected chi connectivity index (χ2v) is 11.6. The number of benzene rings is 1. The monoisotopic (exact) mass is 466 g/mol. The molecule has 1 aromatic carbocycles. The quantitative estimate of drug-likeness (QED) is 0.389. The maximum absolute atomic E-state index is 10.4. The van der Waals surface area contributed by atoms with Crippen LogP contribution in [0.4, 0.5) is 0 Å². The Morgan fingerprint density at radius 3 is 2.37 bits per heavy atom. The average Bonchev–Trinajstić information content (AvgIpc) is 2.83. The number of pyridine rings is 1. The van der Waals surface area contributed by atoms with E-state index in [0.717, 1.165) is 44.1 Å². The zero-order valence-corrected chi connectivity index (χ0v) is 22.1. The number of aryl methyl sites for hydroxylation is 1. The topological polar surface area (TPSA) is 36.7 Å². The van der Waals surface area contributed by atoms with Gasteiger partial charge in [-0.25, -0.2) is 0 Å². The van der Waals surface area contributed by atoms with Crippen LogP contribution >= 0.6 is 0 Å². The van der Waals surface area contributed by atoms with Crippen LogP contribution in [0.1, 0.15) is 142 Å². The van der Waals surface area contributed by atoms with Gasteiger partial charge >= 0.3 is 0 Å². The van der Waals surface area contributed by atoms with Gasteiger partial charge in [0.15, 0.2) is 0 Å². The maximum atomic E-state index is 10.4. The van der Waals surface area contributed by atoms with Crippen molar-refractivity contribution in [3.05, 3.63) is 70.0 Å². The van der Waals surface area contributed by atoms with Gasteiger partial charge < -0.3 is 0 Å². The molecule has 2 saturated carbocycles. The zero-order valence-electron chi connectivity index (χ0n) is 22.1. The van der Waals surface area contributed by atoms with Crippen LogP contribution in [0.15, 0.2) is 30.8 Å². The Labute approximate surface area is 212 Å². The van der Waals surface area contributed by atoms with Crippen LogP contribution < -0.4 is 0 Å². The third-order valence-electron chi connectivity index (χ3n) is 9.52. The molecule has 2 fully saturated rings. The smallest absolute Gasteiger partial charge is 0.0738 e. The number of hydrogen-bond acceptors (Lipinski definition) is 2. The summed E-state index contributed by atoms with van der Waals surface area (Å²) in [7, 11) is 0. The zero-order chi connectivity index (χ0) is 24.6. The first-order valence-corrected chi connectivity index (χ1v) is 14.3. The molecule has 1 aromatic heterocycles.